The minimum Gasteiger partial charge on any atom is -0.338 e. The normalized spacial score (nSPS) is 26.2. The second-order valence-corrected chi connectivity index (χ2v) is 3.09. The van der Waals surface area contributed by atoms with Crippen molar-refractivity contribution >= 4 is 6.03 Å². The highest BCUT2D eigenvalue weighted by Crippen LogP contribution is 2.08. The summed E-state index contributed by atoms with van der Waals surface area (Å²) in [6.45, 7) is 3.70. The molecule has 2 N–H and O–H groups in total. The monoisotopic (exact) mass is 155 g/mol. The molecule has 0 atom stereocenters. The van der Waals surface area contributed by atoms with E-state index in [1.807, 2.05) is 4.90 Å². The van der Waals surface area contributed by atoms with Crippen LogP contribution in [0, 0.1) is 0 Å². The van der Waals surface area contributed by atoms with Gasteiger partial charge in [-0.2, -0.15) is 0 Å². The molecule has 2 aliphatic heterocycles. The van der Waals surface area contributed by atoms with Crippen LogP contribution in [-0.4, -0.2) is 43.2 Å². The maximum absolute atomic E-state index is 11.2. The third-order valence-corrected chi connectivity index (χ3v) is 2.31. The Balaban J connectivity index is 1.93. The summed E-state index contributed by atoms with van der Waals surface area (Å²) in [5, 5.41) is 6.00. The van der Waals surface area contributed by atoms with Crippen LogP contribution >= 0.6 is 0 Å². The smallest absolute Gasteiger partial charge is 0.317 e. The minimum atomic E-state index is 0.114. The van der Waals surface area contributed by atoms with Crippen LogP contribution in [0.1, 0.15) is 6.42 Å². The van der Waals surface area contributed by atoms with Crippen molar-refractivity contribution in [3.63, 3.8) is 0 Å². The van der Waals surface area contributed by atoms with Crippen LogP contribution in [0.15, 0.2) is 0 Å². The fourth-order valence-corrected chi connectivity index (χ4v) is 1.49. The zero-order valence-electron chi connectivity index (χ0n) is 6.47. The van der Waals surface area contributed by atoms with E-state index >= 15 is 0 Å². The van der Waals surface area contributed by atoms with Crippen LogP contribution < -0.4 is 10.6 Å². The number of amides is 2. The quantitative estimate of drug-likeness (QED) is 0.529. The largest absolute Gasteiger partial charge is 0.338 e. The number of hydrogen-bond donors (Lipinski definition) is 2. The molecule has 2 aliphatic rings. The van der Waals surface area contributed by atoms with Gasteiger partial charge in [-0.15, -0.1) is 0 Å². The van der Waals surface area contributed by atoms with Crippen molar-refractivity contribution < 1.29 is 4.79 Å². The summed E-state index contributed by atoms with van der Waals surface area (Å²) in [4.78, 5) is 13.1. The first-order valence-electron chi connectivity index (χ1n) is 4.13. The maximum Gasteiger partial charge on any atom is 0.317 e. The number of hydrogen-bond acceptors (Lipinski definition) is 2. The highest BCUT2D eigenvalue weighted by molar-refractivity contribution is 5.75. The summed E-state index contributed by atoms with van der Waals surface area (Å²) < 4.78 is 0. The van der Waals surface area contributed by atoms with Crippen LogP contribution in [0.4, 0.5) is 4.79 Å². The Hall–Kier alpha value is -0.770. The Bertz CT molecular complexity index is 167. The Kier molecular flexibility index (Phi) is 1.69. The molecule has 0 spiro atoms. The summed E-state index contributed by atoms with van der Waals surface area (Å²) in [5.74, 6) is 0. The van der Waals surface area contributed by atoms with E-state index in [0.29, 0.717) is 6.04 Å². The van der Waals surface area contributed by atoms with Crippen LogP contribution in [0.2, 0.25) is 0 Å². The topological polar surface area (TPSA) is 44.4 Å². The molecule has 0 saturated carbocycles. The number of carbonyl (C=O) groups is 1. The number of rotatable bonds is 1. The van der Waals surface area contributed by atoms with Gasteiger partial charge in [-0.1, -0.05) is 0 Å². The van der Waals surface area contributed by atoms with Crippen molar-refractivity contribution in [1.82, 2.24) is 15.5 Å². The molecule has 0 aromatic rings. The van der Waals surface area contributed by atoms with Crippen molar-refractivity contribution in [1.29, 1.82) is 0 Å². The SMILES string of the molecule is O=C1NCCCN1C1CNC1. The summed E-state index contributed by atoms with van der Waals surface area (Å²) >= 11 is 0. The van der Waals surface area contributed by atoms with Crippen molar-refractivity contribution in [3.8, 4) is 0 Å². The van der Waals surface area contributed by atoms with E-state index in [2.05, 4.69) is 10.6 Å². The van der Waals surface area contributed by atoms with Crippen LogP contribution in [0.3, 0.4) is 0 Å². The van der Waals surface area contributed by atoms with E-state index in [4.69, 9.17) is 0 Å². The first kappa shape index (κ1) is 6.91. The number of urea groups is 1. The van der Waals surface area contributed by atoms with Gasteiger partial charge < -0.3 is 15.5 Å². The van der Waals surface area contributed by atoms with E-state index in [0.717, 1.165) is 32.6 Å². The molecule has 4 heteroatoms. The molecule has 11 heavy (non-hydrogen) atoms. The van der Waals surface area contributed by atoms with Gasteiger partial charge in [0.2, 0.25) is 0 Å². The van der Waals surface area contributed by atoms with Gasteiger partial charge in [-0.25, -0.2) is 4.79 Å². The van der Waals surface area contributed by atoms with E-state index in [1.54, 1.807) is 0 Å². The molecule has 2 fully saturated rings. The molecule has 0 bridgehead atoms. The second-order valence-electron chi connectivity index (χ2n) is 3.09. The fraction of sp³-hybridized carbons (Fsp3) is 0.857. The molecule has 2 heterocycles. The van der Waals surface area contributed by atoms with Gasteiger partial charge in [-0.05, 0) is 6.42 Å². The zero-order valence-corrected chi connectivity index (χ0v) is 6.47. The fourth-order valence-electron chi connectivity index (χ4n) is 1.49. The molecule has 62 valence electrons. The molecule has 2 amide bonds. The Morgan fingerprint density at radius 1 is 1.45 bits per heavy atom. The zero-order chi connectivity index (χ0) is 7.68. The van der Waals surface area contributed by atoms with E-state index < -0.39 is 0 Å². The third-order valence-electron chi connectivity index (χ3n) is 2.31. The van der Waals surface area contributed by atoms with Gasteiger partial charge in [0.1, 0.15) is 0 Å². The predicted molar refractivity (Wildman–Crippen MR) is 41.4 cm³/mol. The van der Waals surface area contributed by atoms with Crippen molar-refractivity contribution in [2.24, 2.45) is 0 Å². The van der Waals surface area contributed by atoms with E-state index in [9.17, 15) is 4.79 Å². The summed E-state index contributed by atoms with van der Waals surface area (Å²) in [7, 11) is 0. The number of carbonyl (C=O) groups excluding carboxylic acids is 1. The highest BCUT2D eigenvalue weighted by atomic mass is 16.2. The Labute approximate surface area is 65.9 Å². The molecule has 2 rings (SSSR count). The molecular formula is C7H13N3O. The molecule has 0 aromatic carbocycles. The van der Waals surface area contributed by atoms with Crippen LogP contribution in [-0.2, 0) is 0 Å². The first-order valence-corrected chi connectivity index (χ1v) is 4.13. The lowest BCUT2D eigenvalue weighted by Gasteiger charge is -2.40. The molecule has 4 nitrogen and oxygen atoms in total. The molecule has 0 aliphatic carbocycles. The standard InChI is InChI=1S/C7H13N3O/c11-7-9-2-1-3-10(7)6-4-8-5-6/h6,8H,1-5H2,(H,9,11). The third kappa shape index (κ3) is 1.18. The van der Waals surface area contributed by atoms with Gasteiger partial charge >= 0.3 is 6.03 Å². The number of nitrogens with zero attached hydrogens (tertiary/aromatic N) is 1. The lowest BCUT2D eigenvalue weighted by molar-refractivity contribution is 0.137. The molecule has 0 aromatic heterocycles. The van der Waals surface area contributed by atoms with Crippen molar-refractivity contribution in [3.05, 3.63) is 0 Å². The summed E-state index contributed by atoms with van der Waals surface area (Å²) in [5.41, 5.74) is 0. The van der Waals surface area contributed by atoms with Crippen LogP contribution in [0.25, 0.3) is 0 Å². The lowest BCUT2D eigenvalue weighted by atomic mass is 10.1. The van der Waals surface area contributed by atoms with E-state index in [1.165, 1.54) is 0 Å². The average Bonchev–Trinajstić information content (AvgIpc) is 1.90. The molecule has 0 unspecified atom stereocenters. The first-order chi connectivity index (χ1) is 5.38. The Morgan fingerprint density at radius 3 is 2.82 bits per heavy atom. The van der Waals surface area contributed by atoms with E-state index in [-0.39, 0.29) is 6.03 Å². The van der Waals surface area contributed by atoms with Gasteiger partial charge in [-0.3, -0.25) is 0 Å². The van der Waals surface area contributed by atoms with Crippen molar-refractivity contribution in [2.75, 3.05) is 26.2 Å². The summed E-state index contributed by atoms with van der Waals surface area (Å²) in [6, 6.07) is 0.568. The maximum atomic E-state index is 11.2. The van der Waals surface area contributed by atoms with Gasteiger partial charge in [0.25, 0.3) is 0 Å². The predicted octanol–water partition coefficient (Wildman–Crippen LogP) is -0.626. The van der Waals surface area contributed by atoms with Gasteiger partial charge in [0, 0.05) is 26.2 Å². The van der Waals surface area contributed by atoms with Gasteiger partial charge in [0.15, 0.2) is 0 Å². The van der Waals surface area contributed by atoms with Gasteiger partial charge in [0.05, 0.1) is 6.04 Å². The molecule has 2 saturated heterocycles. The van der Waals surface area contributed by atoms with Crippen LogP contribution in [0.5, 0.6) is 0 Å². The number of nitrogens with one attached hydrogen (secondary N) is 2. The lowest BCUT2D eigenvalue weighted by Crippen LogP contribution is -2.62. The average molecular weight is 155 g/mol. The molecular weight excluding hydrogens is 142 g/mol. The van der Waals surface area contributed by atoms with Crippen molar-refractivity contribution in [2.45, 2.75) is 12.5 Å². The minimum absolute atomic E-state index is 0.114. The Morgan fingerprint density at radius 2 is 2.27 bits per heavy atom. The summed E-state index contributed by atoms with van der Waals surface area (Å²) in [6.07, 6.45) is 1.09. The second kappa shape index (κ2) is 2.70. The molecule has 0 radical (unpaired) electrons. The highest BCUT2D eigenvalue weighted by Gasteiger charge is 2.29.